The molecule has 1 amide bonds. The Kier molecular flexibility index (Phi) is 6.33. The molecule has 0 radical (unpaired) electrons. The number of aromatic amines is 1. The van der Waals surface area contributed by atoms with Crippen LogP contribution in [-0.4, -0.2) is 20.8 Å². The molecule has 2 aromatic carbocycles. The molecular formula is C18H9Cl2F2N5O4. The number of nitrogens with one attached hydrogen (secondary N) is 2. The van der Waals surface area contributed by atoms with Crippen molar-refractivity contribution >= 4 is 34.8 Å². The number of hydrogen-bond donors (Lipinski definition) is 2. The van der Waals surface area contributed by atoms with Crippen LogP contribution in [0.3, 0.4) is 0 Å². The van der Waals surface area contributed by atoms with Crippen molar-refractivity contribution in [3.63, 3.8) is 0 Å². The van der Waals surface area contributed by atoms with Crippen LogP contribution in [0, 0.1) is 33.1 Å². The summed E-state index contributed by atoms with van der Waals surface area (Å²) in [6.45, 7) is -0.323. The Morgan fingerprint density at radius 3 is 2.71 bits per heavy atom. The lowest BCUT2D eigenvalue weighted by molar-refractivity contribution is -0.385. The lowest BCUT2D eigenvalue weighted by Crippen LogP contribution is -2.24. The van der Waals surface area contributed by atoms with Gasteiger partial charge in [0.2, 0.25) is 5.75 Å². The van der Waals surface area contributed by atoms with E-state index in [9.17, 15) is 23.7 Å². The smallest absolute Gasteiger partial charge is 0.314 e. The molecule has 0 atom stereocenters. The number of nitro groups is 1. The van der Waals surface area contributed by atoms with Gasteiger partial charge in [-0.25, -0.2) is 13.8 Å². The van der Waals surface area contributed by atoms with E-state index >= 15 is 0 Å². The summed E-state index contributed by atoms with van der Waals surface area (Å²) >= 11 is 11.7. The number of imidazole rings is 1. The zero-order chi connectivity index (χ0) is 22.7. The zero-order valence-corrected chi connectivity index (χ0v) is 16.6. The van der Waals surface area contributed by atoms with Crippen LogP contribution in [0.5, 0.6) is 11.5 Å². The average Bonchev–Trinajstić information content (AvgIpc) is 3.16. The first-order chi connectivity index (χ1) is 14.7. The Morgan fingerprint density at radius 2 is 2.10 bits per heavy atom. The first-order valence-corrected chi connectivity index (χ1v) is 8.98. The summed E-state index contributed by atoms with van der Waals surface area (Å²) in [5.41, 5.74) is -1.56. The van der Waals surface area contributed by atoms with Crippen molar-refractivity contribution in [2.24, 2.45) is 0 Å². The SMILES string of the molecule is N#Cc1cc(Oc2c(Cl)ccc(CNC(=O)c3nc[nH]c3Cl)c2F)c([N+](=O)[O-])cc1F. The number of carbonyl (C=O) groups excluding carboxylic acids is 1. The van der Waals surface area contributed by atoms with Gasteiger partial charge in [-0.2, -0.15) is 5.26 Å². The minimum absolute atomic E-state index is 0.00461. The summed E-state index contributed by atoms with van der Waals surface area (Å²) in [5, 5.41) is 22.3. The van der Waals surface area contributed by atoms with E-state index in [1.54, 1.807) is 0 Å². The highest BCUT2D eigenvalue weighted by Gasteiger charge is 2.24. The van der Waals surface area contributed by atoms with Crippen LogP contribution in [0.1, 0.15) is 21.6 Å². The van der Waals surface area contributed by atoms with E-state index in [4.69, 9.17) is 33.2 Å². The molecule has 1 heterocycles. The van der Waals surface area contributed by atoms with Gasteiger partial charge in [0.25, 0.3) is 5.91 Å². The Labute approximate surface area is 182 Å². The van der Waals surface area contributed by atoms with Gasteiger partial charge in [0.15, 0.2) is 17.3 Å². The number of benzene rings is 2. The first kappa shape index (κ1) is 21.9. The quantitative estimate of drug-likeness (QED) is 0.404. The molecule has 2 N–H and O–H groups in total. The molecule has 9 nitrogen and oxygen atoms in total. The highest BCUT2D eigenvalue weighted by molar-refractivity contribution is 6.32. The number of rotatable bonds is 6. The summed E-state index contributed by atoms with van der Waals surface area (Å²) in [6.07, 6.45) is 1.21. The van der Waals surface area contributed by atoms with E-state index in [1.807, 2.05) is 0 Å². The molecular weight excluding hydrogens is 459 g/mol. The Bertz CT molecular complexity index is 1240. The van der Waals surface area contributed by atoms with Crippen molar-refractivity contribution in [2.75, 3.05) is 0 Å². The van der Waals surface area contributed by atoms with Gasteiger partial charge >= 0.3 is 5.69 Å². The second-order valence-corrected chi connectivity index (χ2v) is 6.65. The van der Waals surface area contributed by atoms with Gasteiger partial charge in [-0.3, -0.25) is 14.9 Å². The fourth-order valence-electron chi connectivity index (χ4n) is 2.46. The second kappa shape index (κ2) is 8.95. The molecule has 158 valence electrons. The lowest BCUT2D eigenvalue weighted by atomic mass is 10.1. The van der Waals surface area contributed by atoms with Gasteiger partial charge in [-0.1, -0.05) is 29.3 Å². The summed E-state index contributed by atoms with van der Waals surface area (Å²) in [4.78, 5) is 28.6. The molecule has 0 saturated carbocycles. The number of halogens is 4. The van der Waals surface area contributed by atoms with Crippen molar-refractivity contribution < 1.29 is 23.2 Å². The van der Waals surface area contributed by atoms with E-state index < -0.39 is 45.2 Å². The third kappa shape index (κ3) is 4.55. The summed E-state index contributed by atoms with van der Waals surface area (Å²) in [5.74, 6) is -4.05. The van der Waals surface area contributed by atoms with Gasteiger partial charge in [-0.05, 0) is 6.07 Å². The topological polar surface area (TPSA) is 134 Å². The standard InChI is InChI=1S/C18H9Cl2F2N5O4/c19-10-2-1-8(6-24-18(28)15-17(20)26-7-25-15)14(22)16(10)31-13-3-9(5-23)11(21)4-12(13)27(29)30/h1-4,7H,6H2,(H,24,28)(H,25,26). The summed E-state index contributed by atoms with van der Waals surface area (Å²) in [6, 6.07) is 5.25. The van der Waals surface area contributed by atoms with Crippen molar-refractivity contribution in [3.05, 3.63) is 79.3 Å². The summed E-state index contributed by atoms with van der Waals surface area (Å²) < 4.78 is 34.0. The zero-order valence-electron chi connectivity index (χ0n) is 15.1. The van der Waals surface area contributed by atoms with Crippen LogP contribution in [0.25, 0.3) is 0 Å². The maximum Gasteiger partial charge on any atom is 0.314 e. The highest BCUT2D eigenvalue weighted by Crippen LogP contribution is 2.38. The van der Waals surface area contributed by atoms with Gasteiger partial charge in [0.1, 0.15) is 17.0 Å². The third-order valence-corrected chi connectivity index (χ3v) is 4.54. The molecule has 13 heteroatoms. The minimum atomic E-state index is -1.14. The number of nitrogens with zero attached hydrogens (tertiary/aromatic N) is 3. The van der Waals surface area contributed by atoms with Crippen LogP contribution in [0.15, 0.2) is 30.6 Å². The molecule has 0 saturated heterocycles. The number of nitro benzene ring substituents is 1. The van der Waals surface area contributed by atoms with E-state index in [0.717, 1.165) is 6.07 Å². The predicted molar refractivity (Wildman–Crippen MR) is 104 cm³/mol. The van der Waals surface area contributed by atoms with E-state index in [1.165, 1.54) is 24.5 Å². The maximum atomic E-state index is 15.0. The molecule has 0 aliphatic heterocycles. The molecule has 31 heavy (non-hydrogen) atoms. The lowest BCUT2D eigenvalue weighted by Gasteiger charge is -2.13. The second-order valence-electron chi connectivity index (χ2n) is 5.87. The Hall–Kier alpha value is -3.75. The van der Waals surface area contributed by atoms with Crippen molar-refractivity contribution in [2.45, 2.75) is 6.54 Å². The Balaban J connectivity index is 1.92. The molecule has 0 spiro atoms. The van der Waals surface area contributed by atoms with Gasteiger partial charge < -0.3 is 15.0 Å². The molecule has 1 aromatic heterocycles. The van der Waals surface area contributed by atoms with Crippen LogP contribution in [0.4, 0.5) is 14.5 Å². The molecule has 3 rings (SSSR count). The number of carbonyl (C=O) groups is 1. The first-order valence-electron chi connectivity index (χ1n) is 8.22. The number of hydrogen-bond acceptors (Lipinski definition) is 6. The Morgan fingerprint density at radius 1 is 1.35 bits per heavy atom. The van der Waals surface area contributed by atoms with Crippen LogP contribution >= 0.6 is 23.2 Å². The van der Waals surface area contributed by atoms with E-state index in [2.05, 4.69) is 15.3 Å². The number of aromatic nitrogens is 2. The molecule has 0 aliphatic rings. The minimum Gasteiger partial charge on any atom is -0.445 e. The van der Waals surface area contributed by atoms with Crippen LogP contribution in [0.2, 0.25) is 10.2 Å². The normalized spacial score (nSPS) is 10.4. The van der Waals surface area contributed by atoms with Crippen molar-refractivity contribution in [1.29, 1.82) is 5.26 Å². The van der Waals surface area contributed by atoms with Crippen LogP contribution < -0.4 is 10.1 Å². The number of ether oxygens (including phenoxy) is 1. The molecule has 0 bridgehead atoms. The van der Waals surface area contributed by atoms with Crippen molar-refractivity contribution in [1.82, 2.24) is 15.3 Å². The van der Waals surface area contributed by atoms with E-state index in [-0.39, 0.29) is 28.0 Å². The summed E-state index contributed by atoms with van der Waals surface area (Å²) in [7, 11) is 0. The molecule has 0 aliphatic carbocycles. The average molecular weight is 468 g/mol. The predicted octanol–water partition coefficient (Wildman–Crippen LogP) is 4.50. The van der Waals surface area contributed by atoms with Crippen LogP contribution in [-0.2, 0) is 6.54 Å². The maximum absolute atomic E-state index is 15.0. The number of nitriles is 1. The monoisotopic (exact) mass is 467 g/mol. The van der Waals surface area contributed by atoms with Gasteiger partial charge in [0.05, 0.1) is 27.9 Å². The number of amides is 1. The number of H-pyrrole nitrogens is 1. The van der Waals surface area contributed by atoms with Gasteiger partial charge in [0, 0.05) is 18.2 Å². The van der Waals surface area contributed by atoms with Crippen molar-refractivity contribution in [3.8, 4) is 17.6 Å². The fraction of sp³-hybridized carbons (Fsp3) is 0.0556. The van der Waals surface area contributed by atoms with E-state index in [0.29, 0.717) is 6.07 Å². The molecule has 0 fully saturated rings. The molecule has 3 aromatic rings. The third-order valence-electron chi connectivity index (χ3n) is 3.95. The molecule has 0 unspecified atom stereocenters. The highest BCUT2D eigenvalue weighted by atomic mass is 35.5. The fourth-order valence-corrected chi connectivity index (χ4v) is 2.83. The largest absolute Gasteiger partial charge is 0.445 e. The van der Waals surface area contributed by atoms with Gasteiger partial charge in [-0.15, -0.1) is 0 Å².